The van der Waals surface area contributed by atoms with Crippen molar-refractivity contribution in [3.63, 3.8) is 0 Å². The van der Waals surface area contributed by atoms with E-state index in [0.717, 1.165) is 10.0 Å². The van der Waals surface area contributed by atoms with Crippen molar-refractivity contribution in [3.8, 4) is 0 Å². The minimum absolute atomic E-state index is 0.152. The highest BCUT2D eigenvalue weighted by molar-refractivity contribution is 9.10. The number of hydrogen-bond donors (Lipinski definition) is 2. The molecule has 0 bridgehead atoms. The number of pyridine rings is 1. The molecule has 0 aliphatic heterocycles. The highest BCUT2D eigenvalue weighted by Crippen LogP contribution is 2.10. The molecule has 1 heterocycles. The van der Waals surface area contributed by atoms with Gasteiger partial charge in [-0.05, 0) is 39.7 Å². The number of hydrogen-bond acceptors (Lipinski definition) is 3. The second kappa shape index (κ2) is 5.64. The smallest absolute Gasteiger partial charge is 0.253 e. The van der Waals surface area contributed by atoms with Crippen LogP contribution in [0.15, 0.2) is 47.2 Å². The Bertz CT molecular complexity index is 554. The molecular formula is C13H12BrN3O. The van der Waals surface area contributed by atoms with Crippen molar-refractivity contribution < 1.29 is 4.79 Å². The highest BCUT2D eigenvalue weighted by Gasteiger charge is 2.05. The summed E-state index contributed by atoms with van der Waals surface area (Å²) in [6.07, 6.45) is 3.17. The van der Waals surface area contributed by atoms with Gasteiger partial charge in [0.25, 0.3) is 5.91 Å². The van der Waals surface area contributed by atoms with Gasteiger partial charge in [0.15, 0.2) is 0 Å². The van der Waals surface area contributed by atoms with Gasteiger partial charge < -0.3 is 11.1 Å². The Kier molecular flexibility index (Phi) is 3.94. The first-order valence-corrected chi connectivity index (χ1v) is 6.17. The molecule has 0 fully saturated rings. The average molecular weight is 306 g/mol. The van der Waals surface area contributed by atoms with Gasteiger partial charge in [-0.25, -0.2) is 0 Å². The Labute approximate surface area is 113 Å². The number of nitrogens with zero attached hydrogens (tertiary/aromatic N) is 1. The minimum Gasteiger partial charge on any atom is -0.399 e. The molecule has 0 radical (unpaired) electrons. The summed E-state index contributed by atoms with van der Waals surface area (Å²) in [5.74, 6) is -0.152. The number of nitrogen functional groups attached to an aromatic ring is 1. The van der Waals surface area contributed by atoms with Crippen LogP contribution in [0.2, 0.25) is 0 Å². The van der Waals surface area contributed by atoms with E-state index >= 15 is 0 Å². The van der Waals surface area contributed by atoms with E-state index in [1.54, 1.807) is 12.3 Å². The molecule has 4 nitrogen and oxygen atoms in total. The van der Waals surface area contributed by atoms with E-state index in [-0.39, 0.29) is 5.91 Å². The summed E-state index contributed by atoms with van der Waals surface area (Å²) >= 11 is 3.28. The molecule has 1 aromatic heterocycles. The quantitative estimate of drug-likeness (QED) is 0.855. The number of anilines is 1. The van der Waals surface area contributed by atoms with Gasteiger partial charge in [0, 0.05) is 29.1 Å². The van der Waals surface area contributed by atoms with Crippen LogP contribution in [-0.4, -0.2) is 10.9 Å². The summed E-state index contributed by atoms with van der Waals surface area (Å²) in [4.78, 5) is 15.8. The summed E-state index contributed by atoms with van der Waals surface area (Å²) in [6.45, 7) is 0.464. The number of amides is 1. The van der Waals surface area contributed by atoms with Crippen LogP contribution in [0.25, 0.3) is 0 Å². The fourth-order valence-corrected chi connectivity index (χ4v) is 1.82. The number of carbonyl (C=O) groups is 1. The summed E-state index contributed by atoms with van der Waals surface area (Å²) in [5.41, 5.74) is 7.83. The molecule has 2 rings (SSSR count). The molecule has 0 atom stereocenters. The molecule has 18 heavy (non-hydrogen) atoms. The van der Waals surface area contributed by atoms with Crippen molar-refractivity contribution in [3.05, 3.63) is 58.3 Å². The van der Waals surface area contributed by atoms with Crippen LogP contribution in [0.3, 0.4) is 0 Å². The summed E-state index contributed by atoms with van der Waals surface area (Å²) in [6, 6.07) is 9.11. The maximum Gasteiger partial charge on any atom is 0.253 e. The SMILES string of the molecule is Nc1ccc(CNC(=O)c2cncc(Br)c2)cc1. The molecule has 0 aliphatic rings. The van der Waals surface area contributed by atoms with Crippen molar-refractivity contribution in [2.24, 2.45) is 0 Å². The second-order valence-electron chi connectivity index (χ2n) is 3.82. The van der Waals surface area contributed by atoms with Gasteiger partial charge >= 0.3 is 0 Å². The van der Waals surface area contributed by atoms with Gasteiger partial charge in [-0.2, -0.15) is 0 Å². The van der Waals surface area contributed by atoms with Gasteiger partial charge in [-0.1, -0.05) is 12.1 Å². The van der Waals surface area contributed by atoms with Crippen molar-refractivity contribution in [1.82, 2.24) is 10.3 Å². The third-order valence-corrected chi connectivity index (χ3v) is 2.83. The minimum atomic E-state index is -0.152. The Balaban J connectivity index is 1.98. The van der Waals surface area contributed by atoms with Crippen molar-refractivity contribution >= 4 is 27.5 Å². The van der Waals surface area contributed by atoms with E-state index in [4.69, 9.17) is 5.73 Å². The molecular weight excluding hydrogens is 294 g/mol. The van der Waals surface area contributed by atoms with Crippen molar-refractivity contribution in [2.45, 2.75) is 6.54 Å². The molecule has 0 spiro atoms. The van der Waals surface area contributed by atoms with Gasteiger partial charge in [0.1, 0.15) is 0 Å². The van der Waals surface area contributed by atoms with Gasteiger partial charge in [0.05, 0.1) is 5.56 Å². The van der Waals surface area contributed by atoms with E-state index in [2.05, 4.69) is 26.2 Å². The Hall–Kier alpha value is -1.88. The standard InChI is InChI=1S/C13H12BrN3O/c14-11-5-10(7-16-8-11)13(18)17-6-9-1-3-12(15)4-2-9/h1-5,7-8H,6,15H2,(H,17,18). The fraction of sp³-hybridized carbons (Fsp3) is 0.0769. The molecule has 92 valence electrons. The van der Waals surface area contributed by atoms with Crippen LogP contribution in [0, 0.1) is 0 Å². The molecule has 3 N–H and O–H groups in total. The topological polar surface area (TPSA) is 68.0 Å². The molecule has 1 amide bonds. The Morgan fingerprint density at radius 3 is 2.67 bits per heavy atom. The summed E-state index contributed by atoms with van der Waals surface area (Å²) < 4.78 is 0.780. The third kappa shape index (κ3) is 3.30. The van der Waals surface area contributed by atoms with Crippen LogP contribution < -0.4 is 11.1 Å². The molecule has 0 aliphatic carbocycles. The first-order valence-electron chi connectivity index (χ1n) is 5.38. The first kappa shape index (κ1) is 12.6. The van der Waals surface area contributed by atoms with Crippen LogP contribution in [0.5, 0.6) is 0 Å². The number of halogens is 1. The number of benzene rings is 1. The predicted octanol–water partition coefficient (Wildman–Crippen LogP) is 2.36. The maximum absolute atomic E-state index is 11.8. The lowest BCUT2D eigenvalue weighted by atomic mass is 10.2. The lowest BCUT2D eigenvalue weighted by Crippen LogP contribution is -2.22. The monoisotopic (exact) mass is 305 g/mol. The number of carbonyl (C=O) groups excluding carboxylic acids is 1. The van der Waals surface area contributed by atoms with E-state index in [0.29, 0.717) is 17.8 Å². The first-order chi connectivity index (χ1) is 8.65. The van der Waals surface area contributed by atoms with E-state index in [1.807, 2.05) is 24.3 Å². The van der Waals surface area contributed by atoms with E-state index in [1.165, 1.54) is 6.20 Å². The molecule has 0 saturated carbocycles. The largest absolute Gasteiger partial charge is 0.399 e. The van der Waals surface area contributed by atoms with Crippen molar-refractivity contribution in [1.29, 1.82) is 0 Å². The molecule has 0 unspecified atom stereocenters. The number of aromatic nitrogens is 1. The summed E-state index contributed by atoms with van der Waals surface area (Å²) in [5, 5.41) is 2.82. The van der Waals surface area contributed by atoms with Gasteiger partial charge in [-0.15, -0.1) is 0 Å². The molecule has 0 saturated heterocycles. The lowest BCUT2D eigenvalue weighted by molar-refractivity contribution is 0.0950. The van der Waals surface area contributed by atoms with Crippen molar-refractivity contribution in [2.75, 3.05) is 5.73 Å². The normalized spacial score (nSPS) is 10.1. The van der Waals surface area contributed by atoms with E-state index < -0.39 is 0 Å². The molecule has 2 aromatic rings. The highest BCUT2D eigenvalue weighted by atomic mass is 79.9. The molecule has 1 aromatic carbocycles. The zero-order valence-corrected chi connectivity index (χ0v) is 11.1. The summed E-state index contributed by atoms with van der Waals surface area (Å²) in [7, 11) is 0. The average Bonchev–Trinajstić information content (AvgIpc) is 2.38. The zero-order chi connectivity index (χ0) is 13.0. The molecule has 5 heteroatoms. The number of nitrogens with two attached hydrogens (primary N) is 1. The number of rotatable bonds is 3. The van der Waals surface area contributed by atoms with Gasteiger partial charge in [-0.3, -0.25) is 9.78 Å². The van der Waals surface area contributed by atoms with Crippen LogP contribution in [0.1, 0.15) is 15.9 Å². The lowest BCUT2D eigenvalue weighted by Gasteiger charge is -2.05. The predicted molar refractivity (Wildman–Crippen MR) is 74.0 cm³/mol. The second-order valence-corrected chi connectivity index (χ2v) is 4.73. The number of nitrogens with one attached hydrogen (secondary N) is 1. The van der Waals surface area contributed by atoms with E-state index in [9.17, 15) is 4.79 Å². The van der Waals surface area contributed by atoms with Gasteiger partial charge in [0.2, 0.25) is 0 Å². The van der Waals surface area contributed by atoms with Crippen LogP contribution >= 0.6 is 15.9 Å². The Morgan fingerprint density at radius 2 is 2.00 bits per heavy atom. The third-order valence-electron chi connectivity index (χ3n) is 2.40. The Morgan fingerprint density at radius 1 is 1.28 bits per heavy atom. The fourth-order valence-electron chi connectivity index (χ4n) is 1.46. The zero-order valence-electron chi connectivity index (χ0n) is 9.56. The van der Waals surface area contributed by atoms with Crippen LogP contribution in [-0.2, 0) is 6.54 Å². The maximum atomic E-state index is 11.8. The van der Waals surface area contributed by atoms with Crippen LogP contribution in [0.4, 0.5) is 5.69 Å².